The van der Waals surface area contributed by atoms with Crippen molar-refractivity contribution >= 4 is 22.6 Å². The molecule has 1 heterocycles. The van der Waals surface area contributed by atoms with Gasteiger partial charge < -0.3 is 9.15 Å². The fraction of sp³-hybridized carbons (Fsp3) is 0.350. The van der Waals surface area contributed by atoms with Crippen LogP contribution >= 0.6 is 11.6 Å². The van der Waals surface area contributed by atoms with Gasteiger partial charge in [-0.3, -0.25) is 0 Å². The van der Waals surface area contributed by atoms with Crippen LogP contribution in [-0.2, 0) is 0 Å². The largest absolute Gasteiger partial charge is 0.488 e. The molecule has 0 bridgehead atoms. The zero-order chi connectivity index (χ0) is 17.7. The summed E-state index contributed by atoms with van der Waals surface area (Å²) in [6.45, 7) is 8.58. The maximum absolute atomic E-state index is 11.5. The molecule has 0 atom stereocenters. The summed E-state index contributed by atoms with van der Waals surface area (Å²) in [5.74, 6) is 0.520. The van der Waals surface area contributed by atoms with Crippen LogP contribution < -0.4 is 10.4 Å². The van der Waals surface area contributed by atoms with Crippen molar-refractivity contribution < 1.29 is 9.15 Å². The van der Waals surface area contributed by atoms with Crippen LogP contribution in [-0.4, -0.2) is 6.61 Å². The summed E-state index contributed by atoms with van der Waals surface area (Å²) in [5, 5.41) is 1.33. The van der Waals surface area contributed by atoms with Crippen LogP contribution in [0.4, 0.5) is 0 Å². The Morgan fingerprint density at radius 1 is 1.21 bits per heavy atom. The first-order valence-electron chi connectivity index (χ1n) is 8.02. The van der Waals surface area contributed by atoms with Crippen molar-refractivity contribution in [1.82, 2.24) is 0 Å². The van der Waals surface area contributed by atoms with Gasteiger partial charge in [0.15, 0.2) is 0 Å². The smallest absolute Gasteiger partial charge is 0.336 e. The van der Waals surface area contributed by atoms with Crippen LogP contribution in [0, 0.1) is 6.92 Å². The van der Waals surface area contributed by atoms with Gasteiger partial charge in [-0.15, -0.1) is 0 Å². The summed E-state index contributed by atoms with van der Waals surface area (Å²) in [6.07, 6.45) is 6.31. The number of hydrogen-bond donors (Lipinski definition) is 0. The van der Waals surface area contributed by atoms with Crippen LogP contribution in [0.25, 0.3) is 11.0 Å². The molecule has 0 radical (unpaired) electrons. The van der Waals surface area contributed by atoms with Gasteiger partial charge in [0.1, 0.15) is 17.9 Å². The van der Waals surface area contributed by atoms with Crippen molar-refractivity contribution in [3.63, 3.8) is 0 Å². The van der Waals surface area contributed by atoms with Gasteiger partial charge in [-0.05, 0) is 58.2 Å². The van der Waals surface area contributed by atoms with Gasteiger partial charge in [0.2, 0.25) is 0 Å². The Balaban J connectivity index is 2.09. The highest BCUT2D eigenvalue weighted by Crippen LogP contribution is 2.31. The molecule has 0 saturated heterocycles. The molecule has 0 aliphatic rings. The maximum atomic E-state index is 11.5. The lowest BCUT2D eigenvalue weighted by Crippen LogP contribution is -2.00. The average Bonchev–Trinajstić information content (AvgIpc) is 2.48. The lowest BCUT2D eigenvalue weighted by molar-refractivity contribution is 0.361. The van der Waals surface area contributed by atoms with Gasteiger partial charge in [0.05, 0.1) is 5.02 Å². The number of aryl methyl sites for hydroxylation is 1. The van der Waals surface area contributed by atoms with Gasteiger partial charge in [-0.2, -0.15) is 0 Å². The molecule has 0 N–H and O–H groups in total. The highest BCUT2D eigenvalue weighted by atomic mass is 35.5. The molecule has 0 unspecified atom stereocenters. The standard InChI is InChI=1S/C20H23ClO3/c1-13(2)6-5-7-14(3)8-9-23-19-12-18-16(11-17(19)21)15(4)10-20(22)24-18/h6,8,10-12H,5,7,9H2,1-4H3/b14-8-. The Morgan fingerprint density at radius 2 is 1.96 bits per heavy atom. The topological polar surface area (TPSA) is 39.4 Å². The molecule has 0 saturated carbocycles. The molecule has 128 valence electrons. The van der Waals surface area contributed by atoms with E-state index >= 15 is 0 Å². The first-order chi connectivity index (χ1) is 11.4. The first kappa shape index (κ1) is 18.3. The second kappa shape index (κ2) is 8.20. The minimum absolute atomic E-state index is 0.372. The predicted molar refractivity (Wildman–Crippen MR) is 100 cm³/mol. The SMILES string of the molecule is CC(C)=CCC/C(C)=C\COc1cc2oc(=O)cc(C)c2cc1Cl. The molecule has 0 aliphatic heterocycles. The third-order valence-corrected chi connectivity index (χ3v) is 4.06. The lowest BCUT2D eigenvalue weighted by Gasteiger charge is -2.09. The van der Waals surface area contributed by atoms with Crippen LogP contribution in [0.5, 0.6) is 5.75 Å². The van der Waals surface area contributed by atoms with E-state index in [4.69, 9.17) is 20.8 Å². The molecule has 1 aromatic heterocycles. The molecule has 24 heavy (non-hydrogen) atoms. The van der Waals surface area contributed by atoms with Crippen molar-refractivity contribution in [1.29, 1.82) is 0 Å². The minimum Gasteiger partial charge on any atom is -0.488 e. The number of rotatable bonds is 6. The predicted octanol–water partition coefficient (Wildman–Crippen LogP) is 5.83. The van der Waals surface area contributed by atoms with E-state index in [1.807, 2.05) is 13.0 Å². The van der Waals surface area contributed by atoms with Crippen molar-refractivity contribution in [3.05, 3.63) is 62.5 Å². The van der Waals surface area contributed by atoms with Crippen molar-refractivity contribution in [3.8, 4) is 5.75 Å². The van der Waals surface area contributed by atoms with E-state index in [1.54, 1.807) is 12.1 Å². The monoisotopic (exact) mass is 346 g/mol. The summed E-state index contributed by atoms with van der Waals surface area (Å²) in [6, 6.07) is 4.91. The van der Waals surface area contributed by atoms with Crippen LogP contribution in [0.1, 0.15) is 39.2 Å². The van der Waals surface area contributed by atoms with E-state index in [0.717, 1.165) is 23.8 Å². The van der Waals surface area contributed by atoms with Gasteiger partial charge in [-0.25, -0.2) is 4.79 Å². The number of halogens is 1. The van der Waals surface area contributed by atoms with E-state index in [2.05, 4.69) is 26.8 Å². The third-order valence-electron chi connectivity index (χ3n) is 3.77. The number of allylic oxidation sites excluding steroid dienone is 3. The normalized spacial score (nSPS) is 11.6. The van der Waals surface area contributed by atoms with Gasteiger partial charge in [0, 0.05) is 17.5 Å². The maximum Gasteiger partial charge on any atom is 0.336 e. The Hall–Kier alpha value is -2.00. The summed E-state index contributed by atoms with van der Waals surface area (Å²) < 4.78 is 11.0. The van der Waals surface area contributed by atoms with E-state index < -0.39 is 0 Å². The fourth-order valence-corrected chi connectivity index (χ4v) is 2.61. The number of hydrogen-bond acceptors (Lipinski definition) is 3. The number of ether oxygens (including phenoxy) is 1. The zero-order valence-electron chi connectivity index (χ0n) is 14.6. The second-order valence-corrected chi connectivity index (χ2v) is 6.62. The zero-order valence-corrected chi connectivity index (χ0v) is 15.4. The summed E-state index contributed by atoms with van der Waals surface area (Å²) in [5.41, 5.74) is 3.56. The molecular formula is C20H23ClO3. The van der Waals surface area contributed by atoms with Crippen molar-refractivity contribution in [2.75, 3.05) is 6.61 Å². The second-order valence-electron chi connectivity index (χ2n) is 6.21. The highest BCUT2D eigenvalue weighted by molar-refractivity contribution is 6.32. The highest BCUT2D eigenvalue weighted by Gasteiger charge is 2.08. The molecule has 3 nitrogen and oxygen atoms in total. The molecular weight excluding hydrogens is 324 g/mol. The van der Waals surface area contributed by atoms with Gasteiger partial charge in [-0.1, -0.05) is 28.8 Å². The molecule has 0 amide bonds. The lowest BCUT2D eigenvalue weighted by atomic mass is 10.1. The molecule has 0 spiro atoms. The van der Waals surface area contributed by atoms with E-state index in [1.165, 1.54) is 17.2 Å². The van der Waals surface area contributed by atoms with Crippen molar-refractivity contribution in [2.45, 2.75) is 40.5 Å². The molecule has 1 aromatic carbocycles. The van der Waals surface area contributed by atoms with Crippen LogP contribution in [0.2, 0.25) is 5.02 Å². The van der Waals surface area contributed by atoms with Gasteiger partial charge >= 0.3 is 5.63 Å². The number of benzene rings is 1. The van der Waals surface area contributed by atoms with Crippen LogP contribution in [0.15, 0.2) is 50.7 Å². The van der Waals surface area contributed by atoms with Crippen LogP contribution in [0.3, 0.4) is 0 Å². The fourth-order valence-electron chi connectivity index (χ4n) is 2.39. The number of fused-ring (bicyclic) bond motifs is 1. The van der Waals surface area contributed by atoms with Gasteiger partial charge in [0.25, 0.3) is 0 Å². The Kier molecular flexibility index (Phi) is 6.27. The Bertz CT molecular complexity index is 840. The summed E-state index contributed by atoms with van der Waals surface area (Å²) in [7, 11) is 0. The first-order valence-corrected chi connectivity index (χ1v) is 8.40. The Labute approximate surface area is 147 Å². The Morgan fingerprint density at radius 3 is 2.67 bits per heavy atom. The molecule has 2 rings (SSSR count). The molecule has 0 aliphatic carbocycles. The average molecular weight is 347 g/mol. The van der Waals surface area contributed by atoms with Crippen molar-refractivity contribution in [2.24, 2.45) is 0 Å². The summed E-state index contributed by atoms with van der Waals surface area (Å²) in [4.78, 5) is 11.5. The molecule has 4 heteroatoms. The van der Waals surface area contributed by atoms with E-state index in [9.17, 15) is 4.79 Å². The quantitative estimate of drug-likeness (QED) is 0.488. The molecule has 0 fully saturated rings. The minimum atomic E-state index is -0.372. The van der Waals surface area contributed by atoms with E-state index in [-0.39, 0.29) is 5.63 Å². The third kappa shape index (κ3) is 5.00. The summed E-state index contributed by atoms with van der Waals surface area (Å²) >= 11 is 6.28. The van der Waals surface area contributed by atoms with E-state index in [0.29, 0.717) is 23.0 Å². The molecule has 2 aromatic rings.